The van der Waals surface area contributed by atoms with Crippen molar-refractivity contribution in [3.05, 3.63) is 0 Å². The number of aliphatic hydroxyl groups excluding tert-OH is 1. The molecule has 0 amide bonds. The summed E-state index contributed by atoms with van der Waals surface area (Å²) in [5.41, 5.74) is 0. The fraction of sp³-hybridized carbons (Fsp3) is 0.944. The molecule has 19 heteroatoms. The zero-order valence-corrected chi connectivity index (χ0v) is 61.3. The van der Waals surface area contributed by atoms with Crippen LogP contribution in [0.2, 0.25) is 0 Å². The predicted octanol–water partition coefficient (Wildman–Crippen LogP) is 20.5. The van der Waals surface area contributed by atoms with Crippen LogP contribution in [0.15, 0.2) is 0 Å². The highest BCUT2D eigenvalue weighted by molar-refractivity contribution is 7.47. The number of carbonyl (C=O) groups is 4. The number of phosphoric acid groups is 2. The average molecular weight is 1340 g/mol. The standard InChI is InChI=1S/C72H140O17P2/c1-9-65(8)51-43-35-29-31-37-45-53-70(75)83-59-68(89-72(77)55-47-39-30-28-34-42-50-64(6)7)61-87-91(80,81)85-57-66(73)56-84-90(78,79)86-60-67(88-71(76)54-46-38-27-23-19-18-21-25-33-41-49-63(4)5)58-82-69(74)52-44-36-26-22-17-15-13-11-10-12-14-16-20-24-32-40-48-62(2)3/h62-68,73H,9-61H2,1-8H3,(H,78,79)(H,80,81)/t65?,66-,67-,68-/m1/s1. The van der Waals surface area contributed by atoms with E-state index in [1.165, 1.54) is 154 Å². The first-order valence-electron chi connectivity index (χ1n) is 37.2. The molecule has 3 N–H and O–H groups in total. The Morgan fingerprint density at radius 2 is 0.527 bits per heavy atom. The number of aliphatic hydroxyl groups is 1. The minimum Gasteiger partial charge on any atom is -0.462 e. The zero-order chi connectivity index (χ0) is 67.5. The van der Waals surface area contributed by atoms with Crippen molar-refractivity contribution in [2.45, 2.75) is 375 Å². The molecule has 0 aliphatic rings. The molecule has 0 radical (unpaired) electrons. The molecule has 0 aromatic rings. The number of hydrogen-bond acceptors (Lipinski definition) is 15. The number of unbranched alkanes of at least 4 members (excludes halogenated alkanes) is 34. The first-order valence-corrected chi connectivity index (χ1v) is 40.2. The summed E-state index contributed by atoms with van der Waals surface area (Å²) < 4.78 is 68.3. The highest BCUT2D eigenvalue weighted by atomic mass is 31.2. The molecule has 17 nitrogen and oxygen atoms in total. The van der Waals surface area contributed by atoms with Gasteiger partial charge in [0.15, 0.2) is 12.2 Å². The van der Waals surface area contributed by atoms with E-state index in [4.69, 9.17) is 37.0 Å². The SMILES string of the molecule is CCC(C)CCCCCCCCC(=O)OC[C@H](COP(=O)(O)OC[C@H](O)COP(=O)(O)OC[C@@H](COC(=O)CCCCCCCCCCCCCCCCCCC(C)C)OC(=O)CCCCCCCCCCCCC(C)C)OC(=O)CCCCCCCCC(C)C. The second kappa shape index (κ2) is 61.6. The van der Waals surface area contributed by atoms with E-state index in [2.05, 4.69) is 55.4 Å². The quantitative estimate of drug-likeness (QED) is 0.0222. The Morgan fingerprint density at radius 3 is 0.780 bits per heavy atom. The van der Waals surface area contributed by atoms with Gasteiger partial charge in [-0.2, -0.15) is 0 Å². The molecule has 0 saturated carbocycles. The van der Waals surface area contributed by atoms with Gasteiger partial charge in [0.25, 0.3) is 0 Å². The number of hydrogen-bond donors (Lipinski definition) is 3. The van der Waals surface area contributed by atoms with Crippen LogP contribution in [0.1, 0.15) is 357 Å². The predicted molar refractivity (Wildman–Crippen MR) is 367 cm³/mol. The molecule has 540 valence electrons. The minimum atomic E-state index is -4.95. The van der Waals surface area contributed by atoms with Gasteiger partial charge in [0, 0.05) is 25.7 Å². The number of rotatable bonds is 69. The van der Waals surface area contributed by atoms with Crippen molar-refractivity contribution in [3.8, 4) is 0 Å². The first-order chi connectivity index (χ1) is 43.6. The van der Waals surface area contributed by atoms with E-state index in [-0.39, 0.29) is 25.7 Å². The van der Waals surface area contributed by atoms with Crippen LogP contribution >= 0.6 is 15.6 Å². The van der Waals surface area contributed by atoms with Gasteiger partial charge in [-0.1, -0.05) is 306 Å². The van der Waals surface area contributed by atoms with Crippen LogP contribution in [0.4, 0.5) is 0 Å². The van der Waals surface area contributed by atoms with Crippen molar-refractivity contribution in [1.29, 1.82) is 0 Å². The molecule has 0 aliphatic heterocycles. The maximum absolute atomic E-state index is 13.0. The molecule has 0 aromatic carbocycles. The molecule has 0 saturated heterocycles. The Morgan fingerprint density at radius 1 is 0.308 bits per heavy atom. The van der Waals surface area contributed by atoms with Crippen molar-refractivity contribution in [3.63, 3.8) is 0 Å². The fourth-order valence-electron chi connectivity index (χ4n) is 10.8. The lowest BCUT2D eigenvalue weighted by Gasteiger charge is -2.21. The lowest BCUT2D eigenvalue weighted by Crippen LogP contribution is -2.30. The van der Waals surface area contributed by atoms with Crippen molar-refractivity contribution in [1.82, 2.24) is 0 Å². The van der Waals surface area contributed by atoms with E-state index >= 15 is 0 Å². The van der Waals surface area contributed by atoms with E-state index in [1.54, 1.807) is 0 Å². The van der Waals surface area contributed by atoms with Crippen LogP contribution < -0.4 is 0 Å². The second-order valence-corrected chi connectivity index (χ2v) is 30.6. The normalized spacial score (nSPS) is 14.5. The Hall–Kier alpha value is -1.94. The number of carbonyl (C=O) groups excluding carboxylic acids is 4. The van der Waals surface area contributed by atoms with Crippen molar-refractivity contribution in [2.75, 3.05) is 39.6 Å². The van der Waals surface area contributed by atoms with Gasteiger partial charge in [-0.15, -0.1) is 0 Å². The maximum atomic E-state index is 13.0. The Kier molecular flexibility index (Phi) is 60.3. The molecule has 0 aromatic heterocycles. The van der Waals surface area contributed by atoms with E-state index in [1.807, 2.05) is 0 Å². The Balaban J connectivity index is 5.19. The summed E-state index contributed by atoms with van der Waals surface area (Å²) in [5, 5.41) is 10.6. The van der Waals surface area contributed by atoms with E-state index < -0.39 is 97.5 Å². The summed E-state index contributed by atoms with van der Waals surface area (Å²) in [5.74, 6) is 0.832. The molecular weight excluding hydrogens is 1200 g/mol. The maximum Gasteiger partial charge on any atom is 0.472 e. The summed E-state index contributed by atoms with van der Waals surface area (Å²) >= 11 is 0. The Labute approximate surface area is 556 Å². The van der Waals surface area contributed by atoms with Crippen LogP contribution in [0.5, 0.6) is 0 Å². The van der Waals surface area contributed by atoms with Gasteiger partial charge in [-0.25, -0.2) is 9.13 Å². The van der Waals surface area contributed by atoms with Gasteiger partial charge in [-0.05, 0) is 49.4 Å². The van der Waals surface area contributed by atoms with Crippen LogP contribution in [-0.2, 0) is 65.4 Å². The molecule has 0 spiro atoms. The topological polar surface area (TPSA) is 237 Å². The highest BCUT2D eigenvalue weighted by Crippen LogP contribution is 2.45. The van der Waals surface area contributed by atoms with E-state index in [0.29, 0.717) is 31.6 Å². The monoisotopic (exact) mass is 1340 g/mol. The molecule has 6 atom stereocenters. The van der Waals surface area contributed by atoms with Crippen molar-refractivity contribution in [2.24, 2.45) is 23.7 Å². The smallest absolute Gasteiger partial charge is 0.462 e. The van der Waals surface area contributed by atoms with Crippen LogP contribution in [0.25, 0.3) is 0 Å². The summed E-state index contributed by atoms with van der Waals surface area (Å²) in [6.45, 7) is 14.1. The lowest BCUT2D eigenvalue weighted by molar-refractivity contribution is -0.161. The van der Waals surface area contributed by atoms with E-state index in [0.717, 1.165) is 114 Å². The third-order valence-electron chi connectivity index (χ3n) is 16.9. The van der Waals surface area contributed by atoms with Gasteiger partial charge >= 0.3 is 39.5 Å². The van der Waals surface area contributed by atoms with Gasteiger partial charge in [0.1, 0.15) is 19.3 Å². The third-order valence-corrected chi connectivity index (χ3v) is 18.8. The zero-order valence-electron chi connectivity index (χ0n) is 59.5. The van der Waals surface area contributed by atoms with Crippen molar-refractivity contribution >= 4 is 39.5 Å². The fourth-order valence-corrected chi connectivity index (χ4v) is 12.4. The molecule has 0 bridgehead atoms. The van der Waals surface area contributed by atoms with Crippen LogP contribution in [0, 0.1) is 23.7 Å². The van der Waals surface area contributed by atoms with Gasteiger partial charge < -0.3 is 33.8 Å². The van der Waals surface area contributed by atoms with Crippen LogP contribution in [0.3, 0.4) is 0 Å². The molecule has 91 heavy (non-hydrogen) atoms. The highest BCUT2D eigenvalue weighted by Gasteiger charge is 2.30. The summed E-state index contributed by atoms with van der Waals surface area (Å²) in [7, 11) is -9.90. The Bertz CT molecular complexity index is 1800. The summed E-state index contributed by atoms with van der Waals surface area (Å²) in [6.07, 6.45) is 44.7. The van der Waals surface area contributed by atoms with Gasteiger partial charge in [-0.3, -0.25) is 37.3 Å². The molecule has 3 unspecified atom stereocenters. The summed E-state index contributed by atoms with van der Waals surface area (Å²) in [6, 6.07) is 0. The molecule has 0 heterocycles. The number of ether oxygens (including phenoxy) is 4. The average Bonchev–Trinajstić information content (AvgIpc) is 3.24. The van der Waals surface area contributed by atoms with Crippen LogP contribution in [-0.4, -0.2) is 96.7 Å². The number of esters is 4. The number of phosphoric ester groups is 2. The summed E-state index contributed by atoms with van der Waals surface area (Å²) in [4.78, 5) is 72.5. The molecular formula is C72H140O17P2. The molecule has 0 aliphatic carbocycles. The minimum absolute atomic E-state index is 0.101. The largest absolute Gasteiger partial charge is 0.472 e. The molecule has 0 rings (SSSR count). The van der Waals surface area contributed by atoms with Crippen molar-refractivity contribution < 1.29 is 80.2 Å². The second-order valence-electron chi connectivity index (χ2n) is 27.6. The first kappa shape index (κ1) is 89.1. The lowest BCUT2D eigenvalue weighted by atomic mass is 10.00. The van der Waals surface area contributed by atoms with E-state index in [9.17, 15) is 43.2 Å². The van der Waals surface area contributed by atoms with Gasteiger partial charge in [0.2, 0.25) is 0 Å². The molecule has 0 fully saturated rings. The van der Waals surface area contributed by atoms with Gasteiger partial charge in [0.05, 0.1) is 26.4 Å². The third kappa shape index (κ3) is 65.1.